The minimum atomic E-state index is 0.246. The number of nitrogens with one attached hydrogen (secondary N) is 1. The Morgan fingerprint density at radius 3 is 3.00 bits per heavy atom. The minimum Gasteiger partial charge on any atom is -0.487 e. The van der Waals surface area contributed by atoms with Crippen molar-refractivity contribution >= 4 is 21.6 Å². The van der Waals surface area contributed by atoms with Crippen molar-refractivity contribution in [3.8, 4) is 16.5 Å². The van der Waals surface area contributed by atoms with Gasteiger partial charge in [0.1, 0.15) is 22.4 Å². The zero-order valence-corrected chi connectivity index (χ0v) is 12.3. The molecule has 4 nitrogen and oxygen atoms in total. The average Bonchev–Trinajstić information content (AvgIpc) is 3.17. The van der Waals surface area contributed by atoms with Gasteiger partial charge in [0, 0.05) is 12.7 Å². The van der Waals surface area contributed by atoms with Gasteiger partial charge in [-0.15, -0.1) is 11.3 Å². The maximum absolute atomic E-state index is 6.10. The van der Waals surface area contributed by atoms with E-state index >= 15 is 0 Å². The topological polar surface area (TPSA) is 47.0 Å². The quantitative estimate of drug-likeness (QED) is 0.807. The van der Waals surface area contributed by atoms with Crippen molar-refractivity contribution in [1.82, 2.24) is 15.3 Å². The molecule has 1 aromatic carbocycles. The van der Waals surface area contributed by atoms with E-state index in [-0.39, 0.29) is 6.10 Å². The van der Waals surface area contributed by atoms with Crippen LogP contribution in [0, 0.1) is 0 Å². The number of nitrogens with zero attached hydrogens (tertiary/aromatic N) is 2. The van der Waals surface area contributed by atoms with Crippen LogP contribution in [0.25, 0.3) is 20.9 Å². The molecule has 1 N–H and O–H groups in total. The van der Waals surface area contributed by atoms with E-state index in [0.29, 0.717) is 0 Å². The molecule has 2 aromatic heterocycles. The first-order valence-corrected chi connectivity index (χ1v) is 7.90. The van der Waals surface area contributed by atoms with Gasteiger partial charge in [-0.25, -0.2) is 4.98 Å². The minimum absolute atomic E-state index is 0.246. The highest BCUT2D eigenvalue weighted by Crippen LogP contribution is 2.34. The SMILES string of the molecule is c1ccc(-c2nc3c(OC4CCNC4)cccc3s2)nc1. The number of rotatable bonds is 3. The smallest absolute Gasteiger partial charge is 0.146 e. The van der Waals surface area contributed by atoms with Crippen molar-refractivity contribution in [2.45, 2.75) is 12.5 Å². The van der Waals surface area contributed by atoms with Crippen LogP contribution in [0.4, 0.5) is 0 Å². The lowest BCUT2D eigenvalue weighted by Crippen LogP contribution is -2.19. The Kier molecular flexibility index (Phi) is 3.29. The molecule has 0 amide bonds. The predicted molar refractivity (Wildman–Crippen MR) is 84.8 cm³/mol. The summed E-state index contributed by atoms with van der Waals surface area (Å²) in [5.74, 6) is 0.875. The largest absolute Gasteiger partial charge is 0.487 e. The summed E-state index contributed by atoms with van der Waals surface area (Å²) in [6.07, 6.45) is 3.09. The molecule has 1 aliphatic rings. The number of thiazole rings is 1. The molecule has 3 aromatic rings. The zero-order chi connectivity index (χ0) is 14.1. The lowest BCUT2D eigenvalue weighted by molar-refractivity contribution is 0.225. The van der Waals surface area contributed by atoms with Crippen molar-refractivity contribution in [2.75, 3.05) is 13.1 Å². The second-order valence-electron chi connectivity index (χ2n) is 5.07. The fourth-order valence-electron chi connectivity index (χ4n) is 2.53. The summed E-state index contributed by atoms with van der Waals surface area (Å²) in [5, 5.41) is 4.26. The molecular formula is C16H15N3OS. The molecule has 0 aliphatic carbocycles. The maximum Gasteiger partial charge on any atom is 0.146 e. The van der Waals surface area contributed by atoms with Crippen molar-refractivity contribution < 1.29 is 4.74 Å². The van der Waals surface area contributed by atoms with Gasteiger partial charge < -0.3 is 10.1 Å². The van der Waals surface area contributed by atoms with E-state index < -0.39 is 0 Å². The van der Waals surface area contributed by atoms with Gasteiger partial charge in [0.25, 0.3) is 0 Å². The number of fused-ring (bicyclic) bond motifs is 1. The number of aromatic nitrogens is 2. The van der Waals surface area contributed by atoms with Crippen molar-refractivity contribution in [1.29, 1.82) is 0 Å². The van der Waals surface area contributed by atoms with E-state index in [4.69, 9.17) is 9.72 Å². The van der Waals surface area contributed by atoms with Crippen LogP contribution in [-0.4, -0.2) is 29.2 Å². The van der Waals surface area contributed by atoms with Gasteiger partial charge in [-0.2, -0.15) is 0 Å². The Labute approximate surface area is 126 Å². The Bertz CT molecular complexity index is 751. The highest BCUT2D eigenvalue weighted by Gasteiger charge is 2.18. The number of pyridine rings is 1. The molecule has 1 unspecified atom stereocenters. The average molecular weight is 297 g/mol. The van der Waals surface area contributed by atoms with Gasteiger partial charge in [0.15, 0.2) is 0 Å². The first-order chi connectivity index (χ1) is 10.4. The number of hydrogen-bond acceptors (Lipinski definition) is 5. The van der Waals surface area contributed by atoms with Gasteiger partial charge in [0.05, 0.1) is 10.4 Å². The molecule has 5 heteroatoms. The van der Waals surface area contributed by atoms with E-state index in [1.54, 1.807) is 17.5 Å². The molecule has 1 aliphatic heterocycles. The van der Waals surface area contributed by atoms with E-state index in [1.807, 2.05) is 30.3 Å². The Balaban J connectivity index is 1.73. The fourth-order valence-corrected chi connectivity index (χ4v) is 3.49. The molecule has 4 rings (SSSR count). The zero-order valence-electron chi connectivity index (χ0n) is 11.5. The second-order valence-corrected chi connectivity index (χ2v) is 6.10. The van der Waals surface area contributed by atoms with Crippen molar-refractivity contribution in [2.24, 2.45) is 0 Å². The molecule has 106 valence electrons. The van der Waals surface area contributed by atoms with E-state index in [2.05, 4.69) is 16.4 Å². The van der Waals surface area contributed by atoms with Crippen LogP contribution < -0.4 is 10.1 Å². The van der Waals surface area contributed by atoms with Crippen LogP contribution in [0.1, 0.15) is 6.42 Å². The molecule has 1 atom stereocenters. The second kappa shape index (κ2) is 5.42. The molecular weight excluding hydrogens is 282 g/mol. The molecule has 3 heterocycles. The molecule has 1 fully saturated rings. The lowest BCUT2D eigenvalue weighted by atomic mass is 10.3. The van der Waals surface area contributed by atoms with Crippen LogP contribution in [0.15, 0.2) is 42.6 Å². The van der Waals surface area contributed by atoms with Crippen LogP contribution in [-0.2, 0) is 0 Å². The fraction of sp³-hybridized carbons (Fsp3) is 0.250. The van der Waals surface area contributed by atoms with E-state index in [9.17, 15) is 0 Å². The summed E-state index contributed by atoms with van der Waals surface area (Å²) in [4.78, 5) is 9.11. The molecule has 0 saturated carbocycles. The van der Waals surface area contributed by atoms with Gasteiger partial charge in [-0.3, -0.25) is 4.98 Å². The Hall–Kier alpha value is -1.98. The summed E-state index contributed by atoms with van der Waals surface area (Å²) >= 11 is 1.65. The standard InChI is InChI=1S/C16H15N3OS/c1-2-8-18-12(4-1)16-19-15-13(5-3-6-14(15)21-16)20-11-7-9-17-10-11/h1-6,8,11,17H,7,9-10H2. The first kappa shape index (κ1) is 12.7. The van der Waals surface area contributed by atoms with Gasteiger partial charge >= 0.3 is 0 Å². The summed E-state index contributed by atoms with van der Waals surface area (Å²) in [6.45, 7) is 1.94. The third-order valence-corrected chi connectivity index (χ3v) is 4.62. The van der Waals surface area contributed by atoms with Crippen LogP contribution >= 0.6 is 11.3 Å². The van der Waals surface area contributed by atoms with Crippen molar-refractivity contribution in [3.05, 3.63) is 42.6 Å². The highest BCUT2D eigenvalue weighted by molar-refractivity contribution is 7.21. The molecule has 1 saturated heterocycles. The van der Waals surface area contributed by atoms with E-state index in [0.717, 1.165) is 46.2 Å². The monoisotopic (exact) mass is 297 g/mol. The number of hydrogen-bond donors (Lipinski definition) is 1. The van der Waals surface area contributed by atoms with Gasteiger partial charge in [-0.05, 0) is 37.2 Å². The molecule has 0 bridgehead atoms. The molecule has 0 spiro atoms. The molecule has 21 heavy (non-hydrogen) atoms. The first-order valence-electron chi connectivity index (χ1n) is 7.08. The number of para-hydroxylation sites is 1. The van der Waals surface area contributed by atoms with Crippen LogP contribution in [0.3, 0.4) is 0 Å². The van der Waals surface area contributed by atoms with E-state index in [1.165, 1.54) is 0 Å². The van der Waals surface area contributed by atoms with Crippen LogP contribution in [0.2, 0.25) is 0 Å². The van der Waals surface area contributed by atoms with Crippen LogP contribution in [0.5, 0.6) is 5.75 Å². The Morgan fingerprint density at radius 1 is 1.19 bits per heavy atom. The summed E-state index contributed by atoms with van der Waals surface area (Å²) in [7, 11) is 0. The van der Waals surface area contributed by atoms with Crippen molar-refractivity contribution in [3.63, 3.8) is 0 Å². The predicted octanol–water partition coefficient (Wildman–Crippen LogP) is 3.10. The van der Waals surface area contributed by atoms with Gasteiger partial charge in [-0.1, -0.05) is 12.1 Å². The Morgan fingerprint density at radius 2 is 2.19 bits per heavy atom. The summed E-state index contributed by atoms with van der Waals surface area (Å²) < 4.78 is 7.24. The molecule has 0 radical (unpaired) electrons. The third kappa shape index (κ3) is 2.50. The number of benzene rings is 1. The maximum atomic E-state index is 6.10. The normalized spacial score (nSPS) is 18.2. The summed E-state index contributed by atoms with van der Waals surface area (Å²) in [6, 6.07) is 12.0. The highest BCUT2D eigenvalue weighted by atomic mass is 32.1. The lowest BCUT2D eigenvalue weighted by Gasteiger charge is -2.12. The van der Waals surface area contributed by atoms with Gasteiger partial charge in [0.2, 0.25) is 0 Å². The number of ether oxygens (including phenoxy) is 1. The summed E-state index contributed by atoms with van der Waals surface area (Å²) in [5.41, 5.74) is 1.85. The third-order valence-electron chi connectivity index (χ3n) is 3.57.